The number of ether oxygens (including phenoxy) is 1. The lowest BCUT2D eigenvalue weighted by Crippen LogP contribution is -2.17. The fraction of sp³-hybridized carbons (Fsp3) is 0.615. The second-order valence-electron chi connectivity index (χ2n) is 4.78. The highest BCUT2D eigenvalue weighted by atomic mass is 16.5. The third kappa shape index (κ3) is 3.33. The fourth-order valence-corrected chi connectivity index (χ4v) is 1.98. The molecule has 0 radical (unpaired) electrons. The van der Waals surface area contributed by atoms with Gasteiger partial charge in [-0.05, 0) is 30.7 Å². The van der Waals surface area contributed by atoms with Crippen LogP contribution < -0.4 is 10.6 Å². The minimum absolute atomic E-state index is 0.471. The number of aromatic nitrogens is 1. The lowest BCUT2D eigenvalue weighted by Gasteiger charge is -2.16. The summed E-state index contributed by atoms with van der Waals surface area (Å²) in [5.41, 5.74) is 1.60. The molecule has 1 aliphatic carbocycles. The lowest BCUT2D eigenvalue weighted by atomic mass is 10.0. The van der Waals surface area contributed by atoms with E-state index in [2.05, 4.69) is 15.6 Å². The number of hydrogen-bond acceptors (Lipinski definition) is 4. The number of nitrogens with zero attached hydrogens (tertiary/aromatic N) is 1. The molecule has 4 nitrogen and oxygen atoms in total. The topological polar surface area (TPSA) is 46.2 Å². The van der Waals surface area contributed by atoms with Crippen LogP contribution in [0.15, 0.2) is 18.3 Å². The summed E-state index contributed by atoms with van der Waals surface area (Å²) in [5, 5.41) is 6.54. The number of rotatable bonds is 7. The molecule has 0 saturated heterocycles. The largest absolute Gasteiger partial charge is 0.385 e. The predicted octanol–water partition coefficient (Wildman–Crippen LogP) is 2.35. The molecule has 0 atom stereocenters. The number of anilines is 2. The Bertz CT molecular complexity index is 363. The molecule has 0 unspecified atom stereocenters. The summed E-state index contributed by atoms with van der Waals surface area (Å²) in [6.45, 7) is 1.89. The molecule has 1 saturated carbocycles. The smallest absolute Gasteiger partial charge is 0.127 e. The molecule has 1 aliphatic rings. The molecule has 0 aliphatic heterocycles. The van der Waals surface area contributed by atoms with Crippen LogP contribution in [0.5, 0.6) is 0 Å². The highest BCUT2D eigenvalue weighted by Crippen LogP contribution is 2.48. The Morgan fingerprint density at radius 3 is 2.94 bits per heavy atom. The van der Waals surface area contributed by atoms with Crippen molar-refractivity contribution >= 4 is 11.5 Å². The van der Waals surface area contributed by atoms with Crippen molar-refractivity contribution < 1.29 is 4.74 Å². The molecule has 0 aromatic carbocycles. The summed E-state index contributed by atoms with van der Waals surface area (Å²) >= 11 is 0. The van der Waals surface area contributed by atoms with Crippen LogP contribution in [-0.4, -0.2) is 32.3 Å². The van der Waals surface area contributed by atoms with Gasteiger partial charge in [0.25, 0.3) is 0 Å². The average molecular weight is 235 g/mol. The zero-order valence-corrected chi connectivity index (χ0v) is 10.6. The van der Waals surface area contributed by atoms with E-state index in [1.807, 2.05) is 25.4 Å². The monoisotopic (exact) mass is 235 g/mol. The van der Waals surface area contributed by atoms with E-state index in [1.54, 1.807) is 7.11 Å². The van der Waals surface area contributed by atoms with Gasteiger partial charge in [0.2, 0.25) is 0 Å². The van der Waals surface area contributed by atoms with Gasteiger partial charge < -0.3 is 15.4 Å². The number of hydrogen-bond donors (Lipinski definition) is 2. The van der Waals surface area contributed by atoms with E-state index in [1.165, 1.54) is 12.8 Å². The summed E-state index contributed by atoms with van der Waals surface area (Å²) < 4.78 is 5.16. The molecule has 0 bridgehead atoms. The van der Waals surface area contributed by atoms with Gasteiger partial charge in [0.15, 0.2) is 0 Å². The van der Waals surface area contributed by atoms with E-state index in [9.17, 15) is 0 Å². The van der Waals surface area contributed by atoms with Gasteiger partial charge in [-0.25, -0.2) is 4.98 Å². The van der Waals surface area contributed by atoms with Crippen LogP contribution in [0.4, 0.5) is 11.5 Å². The Hall–Kier alpha value is -1.29. The molecule has 1 fully saturated rings. The minimum atomic E-state index is 0.471. The van der Waals surface area contributed by atoms with E-state index >= 15 is 0 Å². The van der Waals surface area contributed by atoms with Gasteiger partial charge in [0, 0.05) is 45.3 Å². The quantitative estimate of drug-likeness (QED) is 0.761. The van der Waals surface area contributed by atoms with Gasteiger partial charge >= 0.3 is 0 Å². The maximum Gasteiger partial charge on any atom is 0.127 e. The van der Waals surface area contributed by atoms with Crippen LogP contribution in [0.2, 0.25) is 0 Å². The number of pyridine rings is 1. The SMILES string of the molecule is CNc1cc(NCC2(CCOC)CC2)ccn1. The molecule has 1 aromatic heterocycles. The van der Waals surface area contributed by atoms with Gasteiger partial charge in [-0.3, -0.25) is 0 Å². The standard InChI is InChI=1S/C13H21N3O/c1-14-12-9-11(3-7-15-12)16-10-13(4-5-13)6-8-17-2/h3,7,9H,4-6,8,10H2,1-2H3,(H2,14,15,16). The Kier molecular flexibility index (Phi) is 3.84. The highest BCUT2D eigenvalue weighted by molar-refractivity contribution is 5.51. The first-order valence-corrected chi connectivity index (χ1v) is 6.15. The van der Waals surface area contributed by atoms with Crippen LogP contribution in [0.1, 0.15) is 19.3 Å². The van der Waals surface area contributed by atoms with Crippen LogP contribution in [0.3, 0.4) is 0 Å². The maximum atomic E-state index is 5.16. The third-order valence-corrected chi connectivity index (χ3v) is 3.48. The van der Waals surface area contributed by atoms with E-state index in [-0.39, 0.29) is 0 Å². The maximum absolute atomic E-state index is 5.16. The van der Waals surface area contributed by atoms with E-state index < -0.39 is 0 Å². The molecule has 1 aromatic rings. The van der Waals surface area contributed by atoms with Crippen molar-refractivity contribution in [1.82, 2.24) is 4.98 Å². The normalized spacial score (nSPS) is 16.6. The fourth-order valence-electron chi connectivity index (χ4n) is 1.98. The number of methoxy groups -OCH3 is 1. The average Bonchev–Trinajstić information content (AvgIpc) is 3.15. The molecule has 17 heavy (non-hydrogen) atoms. The van der Waals surface area contributed by atoms with Gasteiger partial charge in [-0.15, -0.1) is 0 Å². The third-order valence-electron chi connectivity index (χ3n) is 3.48. The second-order valence-corrected chi connectivity index (χ2v) is 4.78. The molecule has 0 amide bonds. The van der Waals surface area contributed by atoms with Crippen molar-refractivity contribution in [1.29, 1.82) is 0 Å². The summed E-state index contributed by atoms with van der Waals surface area (Å²) in [5.74, 6) is 0.900. The molecule has 2 N–H and O–H groups in total. The second kappa shape index (κ2) is 5.36. The Morgan fingerprint density at radius 2 is 2.29 bits per heavy atom. The zero-order chi connectivity index (χ0) is 12.1. The number of nitrogens with one attached hydrogen (secondary N) is 2. The molecule has 2 rings (SSSR count). The first kappa shape index (κ1) is 12.2. The first-order valence-electron chi connectivity index (χ1n) is 6.15. The molecular formula is C13H21N3O. The molecule has 1 heterocycles. The van der Waals surface area contributed by atoms with Crippen molar-refractivity contribution in [2.75, 3.05) is 37.9 Å². The molecular weight excluding hydrogens is 214 g/mol. The minimum Gasteiger partial charge on any atom is -0.385 e. The Balaban J connectivity index is 1.85. The highest BCUT2D eigenvalue weighted by Gasteiger charge is 2.41. The summed E-state index contributed by atoms with van der Waals surface area (Å²) in [4.78, 5) is 4.20. The van der Waals surface area contributed by atoms with Crippen molar-refractivity contribution in [2.24, 2.45) is 5.41 Å². The Morgan fingerprint density at radius 1 is 1.47 bits per heavy atom. The Labute approximate surface area is 103 Å². The summed E-state index contributed by atoms with van der Waals surface area (Å²) in [6, 6.07) is 4.04. The van der Waals surface area contributed by atoms with E-state index in [0.717, 1.165) is 31.1 Å². The van der Waals surface area contributed by atoms with Crippen molar-refractivity contribution in [3.63, 3.8) is 0 Å². The van der Waals surface area contributed by atoms with Gasteiger partial charge in [0.1, 0.15) is 5.82 Å². The van der Waals surface area contributed by atoms with Gasteiger partial charge in [-0.1, -0.05) is 0 Å². The van der Waals surface area contributed by atoms with E-state index in [4.69, 9.17) is 4.74 Å². The lowest BCUT2D eigenvalue weighted by molar-refractivity contribution is 0.175. The van der Waals surface area contributed by atoms with Gasteiger partial charge in [-0.2, -0.15) is 0 Å². The van der Waals surface area contributed by atoms with Crippen LogP contribution >= 0.6 is 0 Å². The van der Waals surface area contributed by atoms with Crippen LogP contribution in [0, 0.1) is 5.41 Å². The van der Waals surface area contributed by atoms with Crippen LogP contribution in [0.25, 0.3) is 0 Å². The van der Waals surface area contributed by atoms with Crippen LogP contribution in [-0.2, 0) is 4.74 Å². The molecule has 94 valence electrons. The van der Waals surface area contributed by atoms with Crippen molar-refractivity contribution in [3.8, 4) is 0 Å². The van der Waals surface area contributed by atoms with Crippen molar-refractivity contribution in [3.05, 3.63) is 18.3 Å². The predicted molar refractivity (Wildman–Crippen MR) is 70.4 cm³/mol. The molecule has 0 spiro atoms. The van der Waals surface area contributed by atoms with E-state index in [0.29, 0.717) is 5.41 Å². The zero-order valence-electron chi connectivity index (χ0n) is 10.6. The first-order chi connectivity index (χ1) is 8.28. The summed E-state index contributed by atoms with van der Waals surface area (Å²) in [7, 11) is 3.65. The van der Waals surface area contributed by atoms with Crippen molar-refractivity contribution in [2.45, 2.75) is 19.3 Å². The van der Waals surface area contributed by atoms with Gasteiger partial charge in [0.05, 0.1) is 0 Å². The summed E-state index contributed by atoms with van der Waals surface area (Å²) in [6.07, 6.45) is 5.60. The molecule has 4 heteroatoms.